The molecule has 1 aromatic heterocycles. The zero-order chi connectivity index (χ0) is 18.8. The van der Waals surface area contributed by atoms with Crippen LogP contribution in [0, 0.1) is 28.7 Å². The van der Waals surface area contributed by atoms with Crippen molar-refractivity contribution in [2.24, 2.45) is 0 Å². The fraction of sp³-hybridized carbons (Fsp3) is 0.0588. The molecule has 0 aliphatic carbocycles. The number of aromatic nitrogens is 1. The van der Waals surface area contributed by atoms with Gasteiger partial charge in [0.2, 0.25) is 0 Å². The van der Waals surface area contributed by atoms with Gasteiger partial charge in [-0.3, -0.25) is 20.2 Å². The SMILES string of the molecule is Cc1sc(NC(=O)c2ccc([N+](=O)[O-])cc2)nc1-c1ccc(F)c(F)c1. The number of rotatable bonds is 4. The maximum Gasteiger partial charge on any atom is 0.269 e. The molecule has 0 fully saturated rings. The van der Waals surface area contributed by atoms with Crippen molar-refractivity contribution in [3.8, 4) is 11.3 Å². The van der Waals surface area contributed by atoms with Crippen LogP contribution < -0.4 is 5.32 Å². The number of thiazole rings is 1. The van der Waals surface area contributed by atoms with Gasteiger partial charge in [0.1, 0.15) is 0 Å². The first kappa shape index (κ1) is 17.6. The maximum absolute atomic E-state index is 13.4. The highest BCUT2D eigenvalue weighted by atomic mass is 32.1. The molecule has 3 aromatic rings. The number of non-ortho nitro benzene ring substituents is 1. The van der Waals surface area contributed by atoms with E-state index in [1.54, 1.807) is 6.92 Å². The normalized spacial score (nSPS) is 10.6. The van der Waals surface area contributed by atoms with Gasteiger partial charge in [-0.05, 0) is 37.3 Å². The van der Waals surface area contributed by atoms with Gasteiger partial charge >= 0.3 is 0 Å². The number of anilines is 1. The van der Waals surface area contributed by atoms with Crippen LogP contribution in [-0.4, -0.2) is 15.8 Å². The van der Waals surface area contributed by atoms with Crippen LogP contribution >= 0.6 is 11.3 Å². The molecule has 0 spiro atoms. The third-order valence-electron chi connectivity index (χ3n) is 3.55. The fourth-order valence-electron chi connectivity index (χ4n) is 2.26. The number of benzene rings is 2. The molecule has 0 saturated carbocycles. The van der Waals surface area contributed by atoms with Crippen LogP contribution in [0.5, 0.6) is 0 Å². The lowest BCUT2D eigenvalue weighted by Gasteiger charge is -2.01. The highest BCUT2D eigenvalue weighted by molar-refractivity contribution is 7.16. The molecule has 1 N–H and O–H groups in total. The van der Waals surface area contributed by atoms with Gasteiger partial charge in [-0.1, -0.05) is 0 Å². The first-order chi connectivity index (χ1) is 12.3. The van der Waals surface area contributed by atoms with Crippen molar-refractivity contribution in [3.05, 3.63) is 74.7 Å². The number of carbonyl (C=O) groups is 1. The number of hydrogen-bond donors (Lipinski definition) is 1. The van der Waals surface area contributed by atoms with Crippen LogP contribution in [0.1, 0.15) is 15.2 Å². The summed E-state index contributed by atoms with van der Waals surface area (Å²) in [6.45, 7) is 1.75. The predicted molar refractivity (Wildman–Crippen MR) is 93.3 cm³/mol. The Bertz CT molecular complexity index is 1000. The number of nitrogens with one attached hydrogen (secondary N) is 1. The quantitative estimate of drug-likeness (QED) is 0.535. The van der Waals surface area contributed by atoms with Gasteiger partial charge in [0.15, 0.2) is 16.8 Å². The molecule has 0 radical (unpaired) electrons. The molecular formula is C17H11F2N3O3S. The zero-order valence-electron chi connectivity index (χ0n) is 13.3. The number of aryl methyl sites for hydroxylation is 1. The molecule has 1 heterocycles. The second kappa shape index (κ2) is 6.96. The predicted octanol–water partition coefficient (Wildman–Crippen LogP) is 4.56. The van der Waals surface area contributed by atoms with E-state index in [0.717, 1.165) is 17.0 Å². The number of hydrogen-bond acceptors (Lipinski definition) is 5. The first-order valence-corrected chi connectivity index (χ1v) is 8.15. The number of nitro benzene ring substituents is 1. The van der Waals surface area contributed by atoms with Crippen molar-refractivity contribution in [2.45, 2.75) is 6.92 Å². The number of halogens is 2. The molecule has 0 unspecified atom stereocenters. The number of nitro groups is 1. The summed E-state index contributed by atoms with van der Waals surface area (Å²) in [6.07, 6.45) is 0. The summed E-state index contributed by atoms with van der Waals surface area (Å²) >= 11 is 1.18. The molecule has 132 valence electrons. The van der Waals surface area contributed by atoms with E-state index in [0.29, 0.717) is 11.3 Å². The van der Waals surface area contributed by atoms with Crippen molar-refractivity contribution in [3.63, 3.8) is 0 Å². The Hall–Kier alpha value is -3.20. The van der Waals surface area contributed by atoms with Crippen molar-refractivity contribution in [1.29, 1.82) is 0 Å². The molecule has 2 aromatic carbocycles. The van der Waals surface area contributed by atoms with E-state index >= 15 is 0 Å². The minimum atomic E-state index is -0.980. The summed E-state index contributed by atoms with van der Waals surface area (Å²) in [5.74, 6) is -2.41. The largest absolute Gasteiger partial charge is 0.298 e. The average Bonchev–Trinajstić information content (AvgIpc) is 2.97. The lowest BCUT2D eigenvalue weighted by molar-refractivity contribution is -0.384. The van der Waals surface area contributed by atoms with E-state index in [2.05, 4.69) is 10.3 Å². The van der Waals surface area contributed by atoms with Crippen molar-refractivity contribution in [2.75, 3.05) is 5.32 Å². The summed E-state index contributed by atoms with van der Waals surface area (Å²) < 4.78 is 26.5. The third-order valence-corrected chi connectivity index (χ3v) is 4.44. The molecule has 0 saturated heterocycles. The average molecular weight is 375 g/mol. The molecule has 0 atom stereocenters. The summed E-state index contributed by atoms with van der Waals surface area (Å²) in [5.41, 5.74) is 0.950. The first-order valence-electron chi connectivity index (χ1n) is 7.34. The highest BCUT2D eigenvalue weighted by Crippen LogP contribution is 2.31. The molecule has 3 rings (SSSR count). The Kier molecular flexibility index (Phi) is 4.72. The highest BCUT2D eigenvalue weighted by Gasteiger charge is 2.15. The summed E-state index contributed by atoms with van der Waals surface area (Å²) in [6, 6.07) is 8.60. The van der Waals surface area contributed by atoms with Gasteiger partial charge in [-0.25, -0.2) is 13.8 Å². The van der Waals surface area contributed by atoms with Gasteiger partial charge in [-0.2, -0.15) is 0 Å². The summed E-state index contributed by atoms with van der Waals surface area (Å²) in [4.78, 5) is 27.3. The van der Waals surface area contributed by atoms with E-state index in [1.807, 2.05) is 0 Å². The second-order valence-electron chi connectivity index (χ2n) is 5.31. The van der Waals surface area contributed by atoms with E-state index < -0.39 is 22.5 Å². The van der Waals surface area contributed by atoms with E-state index in [4.69, 9.17) is 0 Å². The van der Waals surface area contributed by atoms with Crippen LogP contribution in [0.25, 0.3) is 11.3 Å². The molecule has 0 aliphatic rings. The van der Waals surface area contributed by atoms with Gasteiger partial charge in [0, 0.05) is 28.1 Å². The Morgan fingerprint density at radius 1 is 1.15 bits per heavy atom. The fourth-order valence-corrected chi connectivity index (χ4v) is 3.10. The summed E-state index contributed by atoms with van der Waals surface area (Å²) in [5, 5.41) is 13.5. The monoisotopic (exact) mass is 375 g/mol. The molecule has 6 nitrogen and oxygen atoms in total. The Balaban J connectivity index is 1.81. The van der Waals surface area contributed by atoms with E-state index in [-0.39, 0.29) is 16.4 Å². The smallest absolute Gasteiger partial charge is 0.269 e. The topological polar surface area (TPSA) is 85.1 Å². The zero-order valence-corrected chi connectivity index (χ0v) is 14.1. The van der Waals surface area contributed by atoms with Gasteiger partial charge < -0.3 is 0 Å². The molecule has 0 bridgehead atoms. The van der Waals surface area contributed by atoms with Crippen LogP contribution in [-0.2, 0) is 0 Å². The van der Waals surface area contributed by atoms with E-state index in [1.165, 1.54) is 41.7 Å². The molecule has 1 amide bonds. The molecular weight excluding hydrogens is 364 g/mol. The van der Waals surface area contributed by atoms with Crippen LogP contribution in [0.2, 0.25) is 0 Å². The lowest BCUT2D eigenvalue weighted by Crippen LogP contribution is -2.11. The van der Waals surface area contributed by atoms with Crippen molar-refractivity contribution < 1.29 is 18.5 Å². The Morgan fingerprint density at radius 2 is 1.85 bits per heavy atom. The van der Waals surface area contributed by atoms with Gasteiger partial charge in [-0.15, -0.1) is 11.3 Å². The minimum Gasteiger partial charge on any atom is -0.298 e. The minimum absolute atomic E-state index is 0.118. The van der Waals surface area contributed by atoms with Crippen LogP contribution in [0.15, 0.2) is 42.5 Å². The van der Waals surface area contributed by atoms with Crippen molar-refractivity contribution in [1.82, 2.24) is 4.98 Å². The molecule has 9 heteroatoms. The van der Waals surface area contributed by atoms with Crippen LogP contribution in [0.3, 0.4) is 0 Å². The maximum atomic E-state index is 13.4. The van der Waals surface area contributed by atoms with Gasteiger partial charge in [0.25, 0.3) is 11.6 Å². The molecule has 26 heavy (non-hydrogen) atoms. The number of nitrogens with zero attached hydrogens (tertiary/aromatic N) is 2. The second-order valence-corrected chi connectivity index (χ2v) is 6.51. The van der Waals surface area contributed by atoms with E-state index in [9.17, 15) is 23.7 Å². The van der Waals surface area contributed by atoms with Gasteiger partial charge in [0.05, 0.1) is 10.6 Å². The van der Waals surface area contributed by atoms with Crippen molar-refractivity contribution >= 4 is 28.1 Å². The Morgan fingerprint density at radius 3 is 2.46 bits per heavy atom. The summed E-state index contributed by atoms with van der Waals surface area (Å²) in [7, 11) is 0. The molecule has 0 aliphatic heterocycles. The number of amides is 1. The van der Waals surface area contributed by atoms with Crippen LogP contribution in [0.4, 0.5) is 19.6 Å². The Labute approximate surface area is 150 Å². The lowest BCUT2D eigenvalue weighted by atomic mass is 10.1. The third kappa shape index (κ3) is 3.57. The number of carbonyl (C=O) groups excluding carboxylic acids is 1. The standard InChI is InChI=1S/C17H11F2N3O3S/c1-9-15(11-4-7-13(18)14(19)8-11)20-17(26-9)21-16(23)10-2-5-12(6-3-10)22(24)25/h2-8H,1H3,(H,20,21,23).